The number of hydrogen-bond acceptors (Lipinski definition) is 4. The molecule has 2 aliphatic heterocycles. The SMILES string of the molecule is Cc1ccccc1CN1CCN(C(=O)Cn2ccc(C3CCCNC3)n2)CC1.Cl.Cl. The predicted octanol–water partition coefficient (Wildman–Crippen LogP) is 2.85. The van der Waals surface area contributed by atoms with Gasteiger partial charge in [-0.3, -0.25) is 14.4 Å². The van der Waals surface area contributed by atoms with Gasteiger partial charge in [0.1, 0.15) is 6.54 Å². The van der Waals surface area contributed by atoms with Crippen LogP contribution in [0.5, 0.6) is 0 Å². The summed E-state index contributed by atoms with van der Waals surface area (Å²) < 4.78 is 1.81. The number of piperazine rings is 1. The molecular formula is C22H33Cl2N5O. The third kappa shape index (κ3) is 6.20. The minimum absolute atomic E-state index is 0. The Hall–Kier alpha value is -1.60. The standard InChI is InChI=1S/C22H31N5O.2ClH/c1-18-5-2-3-6-20(18)16-25-11-13-26(14-12-25)22(28)17-27-10-8-21(24-27)19-7-4-9-23-15-19;;/h2-3,5-6,8,10,19,23H,4,7,9,11-17H2,1H3;2*1H. The van der Waals surface area contributed by atoms with E-state index in [4.69, 9.17) is 0 Å². The maximum Gasteiger partial charge on any atom is 0.244 e. The molecule has 1 N–H and O–H groups in total. The van der Waals surface area contributed by atoms with E-state index >= 15 is 0 Å². The summed E-state index contributed by atoms with van der Waals surface area (Å²) in [6, 6.07) is 10.6. The Kier molecular flexibility index (Phi) is 9.62. The number of hydrogen-bond donors (Lipinski definition) is 1. The van der Waals surface area contributed by atoms with E-state index < -0.39 is 0 Å². The summed E-state index contributed by atoms with van der Waals surface area (Å²) >= 11 is 0. The van der Waals surface area contributed by atoms with Gasteiger partial charge in [0.25, 0.3) is 0 Å². The van der Waals surface area contributed by atoms with E-state index in [2.05, 4.69) is 52.6 Å². The number of nitrogens with zero attached hydrogens (tertiary/aromatic N) is 4. The van der Waals surface area contributed by atoms with E-state index in [0.717, 1.165) is 51.5 Å². The van der Waals surface area contributed by atoms with Crippen LogP contribution in [0.4, 0.5) is 0 Å². The molecule has 0 bridgehead atoms. The van der Waals surface area contributed by atoms with Gasteiger partial charge in [0, 0.05) is 51.4 Å². The first-order valence-electron chi connectivity index (χ1n) is 10.5. The number of halogens is 2. The van der Waals surface area contributed by atoms with Crippen LogP contribution in [0.1, 0.15) is 35.6 Å². The number of amides is 1. The Labute approximate surface area is 191 Å². The molecule has 1 aromatic carbocycles. The number of rotatable bonds is 5. The fraction of sp³-hybridized carbons (Fsp3) is 0.545. The molecule has 3 heterocycles. The quantitative estimate of drug-likeness (QED) is 0.755. The predicted molar refractivity (Wildman–Crippen MR) is 125 cm³/mol. The Morgan fingerprint density at radius 3 is 2.60 bits per heavy atom. The van der Waals surface area contributed by atoms with Crippen molar-refractivity contribution in [2.24, 2.45) is 0 Å². The monoisotopic (exact) mass is 453 g/mol. The lowest BCUT2D eigenvalue weighted by Crippen LogP contribution is -2.49. The van der Waals surface area contributed by atoms with Crippen LogP contribution < -0.4 is 5.32 Å². The second-order valence-electron chi connectivity index (χ2n) is 8.06. The summed E-state index contributed by atoms with van der Waals surface area (Å²) in [7, 11) is 0. The molecule has 2 aliphatic rings. The van der Waals surface area contributed by atoms with Crippen LogP contribution in [-0.4, -0.2) is 64.8 Å². The average Bonchev–Trinajstić information content (AvgIpc) is 3.19. The molecule has 0 saturated carbocycles. The third-order valence-corrected chi connectivity index (χ3v) is 6.05. The molecule has 6 nitrogen and oxygen atoms in total. The second-order valence-corrected chi connectivity index (χ2v) is 8.06. The second kappa shape index (κ2) is 11.7. The zero-order valence-corrected chi connectivity index (χ0v) is 19.3. The van der Waals surface area contributed by atoms with Crippen LogP contribution in [0.15, 0.2) is 36.5 Å². The smallest absolute Gasteiger partial charge is 0.244 e. The topological polar surface area (TPSA) is 53.4 Å². The van der Waals surface area contributed by atoms with Crippen LogP contribution in [0.2, 0.25) is 0 Å². The summed E-state index contributed by atoms with van der Waals surface area (Å²) in [5.74, 6) is 0.655. The number of carbonyl (C=O) groups is 1. The summed E-state index contributed by atoms with van der Waals surface area (Å²) in [4.78, 5) is 17.1. The zero-order valence-electron chi connectivity index (χ0n) is 17.6. The number of aryl methyl sites for hydroxylation is 1. The van der Waals surface area contributed by atoms with Gasteiger partial charge in [-0.2, -0.15) is 5.10 Å². The van der Waals surface area contributed by atoms with Crippen LogP contribution in [0, 0.1) is 6.92 Å². The molecule has 30 heavy (non-hydrogen) atoms. The normalized spacial score (nSPS) is 19.6. The maximum absolute atomic E-state index is 12.7. The number of piperidine rings is 1. The Balaban J connectivity index is 0.00000160. The fourth-order valence-corrected chi connectivity index (χ4v) is 4.21. The van der Waals surface area contributed by atoms with E-state index in [1.807, 2.05) is 15.8 Å². The third-order valence-electron chi connectivity index (χ3n) is 6.05. The van der Waals surface area contributed by atoms with Crippen molar-refractivity contribution >= 4 is 30.7 Å². The summed E-state index contributed by atoms with van der Waals surface area (Å²) in [5.41, 5.74) is 3.83. The van der Waals surface area contributed by atoms with Crippen molar-refractivity contribution < 1.29 is 4.79 Å². The highest BCUT2D eigenvalue weighted by Gasteiger charge is 2.23. The molecular weight excluding hydrogens is 421 g/mol. The minimum atomic E-state index is 0. The highest BCUT2D eigenvalue weighted by Crippen LogP contribution is 2.21. The summed E-state index contributed by atoms with van der Waals surface area (Å²) in [5, 5.41) is 8.10. The van der Waals surface area contributed by atoms with Gasteiger partial charge >= 0.3 is 0 Å². The van der Waals surface area contributed by atoms with Crippen molar-refractivity contribution in [2.45, 2.75) is 38.8 Å². The van der Waals surface area contributed by atoms with Crippen molar-refractivity contribution in [1.29, 1.82) is 0 Å². The van der Waals surface area contributed by atoms with Crippen LogP contribution in [-0.2, 0) is 17.9 Å². The molecule has 0 spiro atoms. The van der Waals surface area contributed by atoms with Gasteiger partial charge in [-0.1, -0.05) is 24.3 Å². The number of benzene rings is 1. The first kappa shape index (κ1) is 24.7. The molecule has 0 aliphatic carbocycles. The van der Waals surface area contributed by atoms with Crippen molar-refractivity contribution in [3.05, 3.63) is 53.3 Å². The molecule has 4 rings (SSSR count). The Morgan fingerprint density at radius 2 is 1.90 bits per heavy atom. The number of carbonyl (C=O) groups excluding carboxylic acids is 1. The highest BCUT2D eigenvalue weighted by molar-refractivity contribution is 5.85. The van der Waals surface area contributed by atoms with Crippen molar-refractivity contribution in [3.8, 4) is 0 Å². The lowest BCUT2D eigenvalue weighted by atomic mass is 9.97. The van der Waals surface area contributed by atoms with Crippen molar-refractivity contribution in [1.82, 2.24) is 24.9 Å². The average molecular weight is 454 g/mol. The summed E-state index contributed by atoms with van der Waals surface area (Å²) in [6.07, 6.45) is 4.33. The van der Waals surface area contributed by atoms with E-state index in [-0.39, 0.29) is 30.7 Å². The number of nitrogens with one attached hydrogen (secondary N) is 1. The van der Waals surface area contributed by atoms with E-state index in [0.29, 0.717) is 12.5 Å². The van der Waals surface area contributed by atoms with Gasteiger partial charge in [0.2, 0.25) is 5.91 Å². The van der Waals surface area contributed by atoms with Gasteiger partial charge in [-0.25, -0.2) is 0 Å². The molecule has 1 aromatic heterocycles. The maximum atomic E-state index is 12.7. The Morgan fingerprint density at radius 1 is 1.13 bits per heavy atom. The Bertz CT molecular complexity index is 798. The van der Waals surface area contributed by atoms with Gasteiger partial charge < -0.3 is 10.2 Å². The first-order chi connectivity index (χ1) is 13.7. The van der Waals surface area contributed by atoms with Gasteiger partial charge in [0.05, 0.1) is 5.69 Å². The minimum Gasteiger partial charge on any atom is -0.339 e. The van der Waals surface area contributed by atoms with Gasteiger partial charge in [-0.05, 0) is 43.5 Å². The summed E-state index contributed by atoms with van der Waals surface area (Å²) in [6.45, 7) is 9.02. The molecule has 2 saturated heterocycles. The van der Waals surface area contributed by atoms with Gasteiger partial charge in [-0.15, -0.1) is 24.8 Å². The van der Waals surface area contributed by atoms with E-state index in [1.165, 1.54) is 24.0 Å². The zero-order chi connectivity index (χ0) is 19.3. The molecule has 2 aromatic rings. The van der Waals surface area contributed by atoms with Gasteiger partial charge in [0.15, 0.2) is 0 Å². The number of aromatic nitrogens is 2. The van der Waals surface area contributed by atoms with E-state index in [9.17, 15) is 4.79 Å². The van der Waals surface area contributed by atoms with Crippen molar-refractivity contribution in [3.63, 3.8) is 0 Å². The highest BCUT2D eigenvalue weighted by atomic mass is 35.5. The van der Waals surface area contributed by atoms with Crippen LogP contribution >= 0.6 is 24.8 Å². The molecule has 1 unspecified atom stereocenters. The van der Waals surface area contributed by atoms with Crippen molar-refractivity contribution in [2.75, 3.05) is 39.3 Å². The molecule has 8 heteroatoms. The molecule has 166 valence electrons. The molecule has 1 atom stereocenters. The largest absolute Gasteiger partial charge is 0.339 e. The van der Waals surface area contributed by atoms with Crippen LogP contribution in [0.3, 0.4) is 0 Å². The fourth-order valence-electron chi connectivity index (χ4n) is 4.21. The lowest BCUT2D eigenvalue weighted by Gasteiger charge is -2.35. The molecule has 0 radical (unpaired) electrons. The first-order valence-corrected chi connectivity index (χ1v) is 10.5. The van der Waals surface area contributed by atoms with E-state index in [1.54, 1.807) is 0 Å². The molecule has 2 fully saturated rings. The lowest BCUT2D eigenvalue weighted by molar-refractivity contribution is -0.133. The molecule has 1 amide bonds. The van der Waals surface area contributed by atoms with Crippen LogP contribution in [0.25, 0.3) is 0 Å².